The molecule has 1 unspecified atom stereocenters. The van der Waals surface area contributed by atoms with Crippen LogP contribution in [0, 0.1) is 0 Å². The van der Waals surface area contributed by atoms with Gasteiger partial charge in [-0.25, -0.2) is 0 Å². The monoisotopic (exact) mass is 418 g/mol. The number of amides is 1. The van der Waals surface area contributed by atoms with Gasteiger partial charge in [-0.2, -0.15) is 0 Å². The SMILES string of the molecule is CC(C)N=CC1=C(N)C(=O)N(c2cc(Cl)c(=O)n(C)c2)C1c1ccc(Cl)cc1. The van der Waals surface area contributed by atoms with E-state index < -0.39 is 6.04 Å². The number of benzene rings is 1. The first kappa shape index (κ1) is 20.2. The molecule has 0 saturated carbocycles. The molecule has 1 aromatic heterocycles. The lowest BCUT2D eigenvalue weighted by Gasteiger charge is -2.27. The Kier molecular flexibility index (Phi) is 5.63. The number of aryl methyl sites for hydroxylation is 1. The summed E-state index contributed by atoms with van der Waals surface area (Å²) in [5.74, 6) is -0.375. The second-order valence-electron chi connectivity index (χ2n) is 6.83. The predicted molar refractivity (Wildman–Crippen MR) is 113 cm³/mol. The Labute approximate surface area is 172 Å². The van der Waals surface area contributed by atoms with Crippen molar-refractivity contribution in [3.05, 3.63) is 73.8 Å². The molecular formula is C20H20Cl2N4O2. The molecule has 0 aliphatic carbocycles. The van der Waals surface area contributed by atoms with E-state index in [-0.39, 0.29) is 28.2 Å². The van der Waals surface area contributed by atoms with Crippen molar-refractivity contribution in [3.8, 4) is 0 Å². The standard InChI is InChI=1S/C20H20Cl2N4O2/c1-11(2)24-9-15-17(23)20(28)26(14-8-16(22)19(27)25(3)10-14)18(15)12-4-6-13(21)7-5-12/h4-11,18H,23H2,1-3H3. The van der Waals surface area contributed by atoms with Gasteiger partial charge in [0.15, 0.2) is 0 Å². The minimum absolute atomic E-state index is 0.0190. The minimum atomic E-state index is -0.513. The van der Waals surface area contributed by atoms with Gasteiger partial charge >= 0.3 is 0 Å². The van der Waals surface area contributed by atoms with Crippen LogP contribution in [0.15, 0.2) is 57.6 Å². The van der Waals surface area contributed by atoms with Gasteiger partial charge < -0.3 is 10.3 Å². The number of nitrogens with two attached hydrogens (primary N) is 1. The van der Waals surface area contributed by atoms with E-state index in [0.29, 0.717) is 16.3 Å². The highest BCUT2D eigenvalue weighted by molar-refractivity contribution is 6.31. The van der Waals surface area contributed by atoms with Crippen LogP contribution in [0.4, 0.5) is 5.69 Å². The molecule has 0 spiro atoms. The highest BCUT2D eigenvalue weighted by atomic mass is 35.5. The number of rotatable bonds is 4. The average molecular weight is 419 g/mol. The molecule has 0 radical (unpaired) electrons. The molecule has 2 N–H and O–H groups in total. The Morgan fingerprint density at radius 3 is 2.39 bits per heavy atom. The third-order valence-corrected chi connectivity index (χ3v) is 4.94. The molecular weight excluding hydrogens is 399 g/mol. The Morgan fingerprint density at radius 1 is 1.18 bits per heavy atom. The molecule has 8 heteroatoms. The number of carbonyl (C=O) groups excluding carboxylic acids is 1. The van der Waals surface area contributed by atoms with E-state index in [2.05, 4.69) is 4.99 Å². The van der Waals surface area contributed by atoms with Crippen LogP contribution in [0.25, 0.3) is 0 Å². The summed E-state index contributed by atoms with van der Waals surface area (Å²) in [6.45, 7) is 3.87. The van der Waals surface area contributed by atoms with Crippen molar-refractivity contribution in [1.29, 1.82) is 0 Å². The number of anilines is 1. The van der Waals surface area contributed by atoms with Crippen molar-refractivity contribution < 1.29 is 4.79 Å². The second-order valence-corrected chi connectivity index (χ2v) is 7.68. The van der Waals surface area contributed by atoms with Crippen LogP contribution in [-0.4, -0.2) is 22.7 Å². The van der Waals surface area contributed by atoms with Crippen molar-refractivity contribution in [2.45, 2.75) is 25.9 Å². The van der Waals surface area contributed by atoms with E-state index in [1.807, 2.05) is 26.0 Å². The molecule has 6 nitrogen and oxygen atoms in total. The maximum Gasteiger partial charge on any atom is 0.275 e. The van der Waals surface area contributed by atoms with Gasteiger partial charge in [0, 0.05) is 36.1 Å². The fourth-order valence-electron chi connectivity index (χ4n) is 3.05. The van der Waals surface area contributed by atoms with E-state index in [1.54, 1.807) is 31.6 Å². The van der Waals surface area contributed by atoms with Crippen LogP contribution in [-0.2, 0) is 11.8 Å². The predicted octanol–water partition coefficient (Wildman–Crippen LogP) is 3.47. The summed E-state index contributed by atoms with van der Waals surface area (Å²) in [5.41, 5.74) is 7.80. The Morgan fingerprint density at radius 2 is 1.82 bits per heavy atom. The first-order valence-corrected chi connectivity index (χ1v) is 9.44. The first-order chi connectivity index (χ1) is 13.2. The zero-order valence-corrected chi connectivity index (χ0v) is 17.2. The highest BCUT2D eigenvalue weighted by Crippen LogP contribution is 2.39. The number of aliphatic imine (C=N–C) groups is 1. The van der Waals surface area contributed by atoms with Gasteiger partial charge in [0.2, 0.25) is 0 Å². The lowest BCUT2D eigenvalue weighted by molar-refractivity contribution is -0.114. The zero-order chi connectivity index (χ0) is 20.6. The molecule has 2 aromatic rings. The van der Waals surface area contributed by atoms with Gasteiger partial charge in [-0.1, -0.05) is 35.3 Å². The largest absolute Gasteiger partial charge is 0.394 e. The fourth-order valence-corrected chi connectivity index (χ4v) is 3.42. The van der Waals surface area contributed by atoms with Crippen molar-refractivity contribution in [1.82, 2.24) is 4.57 Å². The molecule has 0 fully saturated rings. The first-order valence-electron chi connectivity index (χ1n) is 8.68. The van der Waals surface area contributed by atoms with Gasteiger partial charge in [0.25, 0.3) is 11.5 Å². The summed E-state index contributed by atoms with van der Waals surface area (Å²) >= 11 is 12.1. The maximum absolute atomic E-state index is 13.0. The summed E-state index contributed by atoms with van der Waals surface area (Å²) in [5, 5.41) is 0.602. The van der Waals surface area contributed by atoms with Crippen molar-refractivity contribution in [2.24, 2.45) is 17.8 Å². The molecule has 28 heavy (non-hydrogen) atoms. The van der Waals surface area contributed by atoms with Crippen LogP contribution >= 0.6 is 23.2 Å². The van der Waals surface area contributed by atoms with Gasteiger partial charge in [-0.15, -0.1) is 0 Å². The van der Waals surface area contributed by atoms with Crippen LogP contribution in [0.3, 0.4) is 0 Å². The summed E-state index contributed by atoms with van der Waals surface area (Å²) in [6.07, 6.45) is 3.20. The van der Waals surface area contributed by atoms with Crippen molar-refractivity contribution in [2.75, 3.05) is 4.90 Å². The molecule has 1 atom stereocenters. The molecule has 0 saturated heterocycles. The molecule has 3 rings (SSSR count). The maximum atomic E-state index is 13.0. The number of hydrogen-bond donors (Lipinski definition) is 1. The third kappa shape index (κ3) is 3.70. The lowest BCUT2D eigenvalue weighted by Crippen LogP contribution is -2.32. The average Bonchev–Trinajstić information content (AvgIpc) is 2.89. The van der Waals surface area contributed by atoms with Crippen LogP contribution < -0.4 is 16.2 Å². The lowest BCUT2D eigenvalue weighted by atomic mass is 9.99. The van der Waals surface area contributed by atoms with Crippen LogP contribution in [0.1, 0.15) is 25.5 Å². The number of pyridine rings is 1. The third-order valence-electron chi connectivity index (χ3n) is 4.41. The number of nitrogens with zero attached hydrogens (tertiary/aromatic N) is 3. The summed E-state index contributed by atoms with van der Waals surface area (Å²) in [6, 6.07) is 8.17. The fraction of sp³-hybridized carbons (Fsp3) is 0.250. The molecule has 2 heterocycles. The van der Waals surface area contributed by atoms with Crippen LogP contribution in [0.5, 0.6) is 0 Å². The van der Waals surface area contributed by atoms with Gasteiger partial charge in [0.1, 0.15) is 10.7 Å². The van der Waals surface area contributed by atoms with E-state index in [9.17, 15) is 9.59 Å². The van der Waals surface area contributed by atoms with E-state index in [0.717, 1.165) is 5.56 Å². The van der Waals surface area contributed by atoms with E-state index >= 15 is 0 Å². The Hall–Kier alpha value is -2.57. The molecule has 146 valence electrons. The quantitative estimate of drug-likeness (QED) is 0.771. The topological polar surface area (TPSA) is 80.7 Å². The van der Waals surface area contributed by atoms with Crippen molar-refractivity contribution in [3.63, 3.8) is 0 Å². The number of hydrogen-bond acceptors (Lipinski definition) is 4. The molecule has 0 bridgehead atoms. The normalized spacial score (nSPS) is 17.4. The van der Waals surface area contributed by atoms with Gasteiger partial charge in [-0.3, -0.25) is 19.5 Å². The summed E-state index contributed by atoms with van der Waals surface area (Å²) in [4.78, 5) is 30.9. The van der Waals surface area contributed by atoms with Crippen molar-refractivity contribution >= 4 is 41.0 Å². The second kappa shape index (κ2) is 7.81. The highest BCUT2D eigenvalue weighted by Gasteiger charge is 2.39. The minimum Gasteiger partial charge on any atom is -0.394 e. The van der Waals surface area contributed by atoms with E-state index in [4.69, 9.17) is 28.9 Å². The Bertz CT molecular complexity index is 1010. The zero-order valence-electron chi connectivity index (χ0n) is 15.7. The molecule has 1 aliphatic rings. The smallest absolute Gasteiger partial charge is 0.275 e. The molecule has 1 amide bonds. The molecule has 1 aliphatic heterocycles. The summed E-state index contributed by atoms with van der Waals surface area (Å²) in [7, 11) is 1.58. The summed E-state index contributed by atoms with van der Waals surface area (Å²) < 4.78 is 1.33. The van der Waals surface area contributed by atoms with E-state index in [1.165, 1.54) is 15.5 Å². The Balaban J connectivity index is 2.19. The van der Waals surface area contributed by atoms with Crippen LogP contribution in [0.2, 0.25) is 10.0 Å². The number of carbonyl (C=O) groups is 1. The van der Waals surface area contributed by atoms with Gasteiger partial charge in [0.05, 0.1) is 11.7 Å². The molecule has 1 aromatic carbocycles. The number of halogens is 2. The number of aromatic nitrogens is 1. The van der Waals surface area contributed by atoms with Gasteiger partial charge in [-0.05, 0) is 37.6 Å².